The Morgan fingerprint density at radius 3 is 2.56 bits per heavy atom. The quantitative estimate of drug-likeness (QED) is 0.394. The first kappa shape index (κ1) is 23.1. The highest BCUT2D eigenvalue weighted by molar-refractivity contribution is 5.86. The molecular formula is C28H27N3O3. The van der Waals surface area contributed by atoms with E-state index >= 15 is 0 Å². The molecule has 1 aliphatic rings. The van der Waals surface area contributed by atoms with E-state index in [1.165, 1.54) is 0 Å². The lowest BCUT2D eigenvalue weighted by Crippen LogP contribution is -2.31. The van der Waals surface area contributed by atoms with Crippen molar-refractivity contribution in [3.8, 4) is 17.6 Å². The Labute approximate surface area is 199 Å². The minimum Gasteiger partial charge on any atom is -0.442 e. The first-order valence-corrected chi connectivity index (χ1v) is 11.3. The van der Waals surface area contributed by atoms with Crippen molar-refractivity contribution in [3.63, 3.8) is 0 Å². The monoisotopic (exact) mass is 453 g/mol. The van der Waals surface area contributed by atoms with E-state index in [2.05, 4.69) is 6.07 Å². The molecule has 6 heteroatoms. The molecule has 172 valence electrons. The summed E-state index contributed by atoms with van der Waals surface area (Å²) >= 11 is 0. The Balaban J connectivity index is 1.67. The molecule has 1 aliphatic heterocycles. The maximum atomic E-state index is 13.0. The molecule has 3 aromatic rings. The summed E-state index contributed by atoms with van der Waals surface area (Å²) in [4.78, 5) is 14.9. The lowest BCUT2D eigenvalue weighted by Gasteiger charge is -2.31. The zero-order valence-electron chi connectivity index (χ0n) is 19.5. The Kier molecular flexibility index (Phi) is 6.65. The summed E-state index contributed by atoms with van der Waals surface area (Å²) in [5.74, 6) is -0.989. The molecule has 0 fully saturated rings. The van der Waals surface area contributed by atoms with Crippen LogP contribution in [0.15, 0.2) is 72.8 Å². The largest absolute Gasteiger partial charge is 0.442 e. The SMILES string of the molecule is CCC(C(=O)Oc1cccc(C2c3ccc(N(C)C)cc3OC(=N)C2C#N)c1)c1ccccc1. The first-order valence-electron chi connectivity index (χ1n) is 11.3. The molecule has 6 nitrogen and oxygen atoms in total. The van der Waals surface area contributed by atoms with E-state index in [9.17, 15) is 10.1 Å². The number of esters is 1. The van der Waals surface area contributed by atoms with E-state index in [1.54, 1.807) is 12.1 Å². The lowest BCUT2D eigenvalue weighted by atomic mass is 9.79. The van der Waals surface area contributed by atoms with Crippen molar-refractivity contribution in [2.75, 3.05) is 19.0 Å². The van der Waals surface area contributed by atoms with Crippen LogP contribution >= 0.6 is 0 Å². The van der Waals surface area contributed by atoms with Crippen LogP contribution in [0.2, 0.25) is 0 Å². The average molecular weight is 454 g/mol. The highest BCUT2D eigenvalue weighted by atomic mass is 16.5. The molecule has 0 aromatic heterocycles. The second-order valence-electron chi connectivity index (χ2n) is 8.53. The number of nitriles is 1. The lowest BCUT2D eigenvalue weighted by molar-refractivity contribution is -0.136. The Bertz CT molecular complexity index is 1250. The predicted octanol–water partition coefficient (Wildman–Crippen LogP) is 5.49. The van der Waals surface area contributed by atoms with Crippen LogP contribution in [0.3, 0.4) is 0 Å². The van der Waals surface area contributed by atoms with E-state index in [0.717, 1.165) is 22.4 Å². The number of carbonyl (C=O) groups excluding carboxylic acids is 1. The van der Waals surface area contributed by atoms with Crippen molar-refractivity contribution in [2.45, 2.75) is 25.2 Å². The molecule has 1 heterocycles. The van der Waals surface area contributed by atoms with Gasteiger partial charge in [0.1, 0.15) is 17.4 Å². The number of fused-ring (bicyclic) bond motifs is 1. The minimum atomic E-state index is -0.781. The van der Waals surface area contributed by atoms with Crippen LogP contribution in [-0.2, 0) is 4.79 Å². The van der Waals surface area contributed by atoms with Gasteiger partial charge in [0.25, 0.3) is 0 Å². The van der Waals surface area contributed by atoms with Gasteiger partial charge in [0.15, 0.2) is 0 Å². The fraction of sp³-hybridized carbons (Fsp3) is 0.250. The Hall–Kier alpha value is -4.11. The van der Waals surface area contributed by atoms with Crippen molar-refractivity contribution in [3.05, 3.63) is 89.5 Å². The Morgan fingerprint density at radius 1 is 1.12 bits per heavy atom. The topological polar surface area (TPSA) is 86.4 Å². The van der Waals surface area contributed by atoms with Gasteiger partial charge in [-0.15, -0.1) is 0 Å². The third kappa shape index (κ3) is 4.51. The molecule has 0 aliphatic carbocycles. The van der Waals surface area contributed by atoms with Crippen molar-refractivity contribution in [1.82, 2.24) is 0 Å². The molecule has 4 rings (SSSR count). The Morgan fingerprint density at radius 2 is 1.88 bits per heavy atom. The number of nitrogens with zero attached hydrogens (tertiary/aromatic N) is 2. The number of anilines is 1. The van der Waals surface area contributed by atoms with Crippen LogP contribution in [0, 0.1) is 22.7 Å². The number of rotatable bonds is 6. The maximum Gasteiger partial charge on any atom is 0.318 e. The van der Waals surface area contributed by atoms with Crippen molar-refractivity contribution < 1.29 is 14.3 Å². The fourth-order valence-electron chi connectivity index (χ4n) is 4.35. The summed E-state index contributed by atoms with van der Waals surface area (Å²) < 4.78 is 11.5. The molecule has 0 bridgehead atoms. The van der Waals surface area contributed by atoms with Crippen molar-refractivity contribution in [1.29, 1.82) is 10.7 Å². The molecule has 0 amide bonds. The van der Waals surface area contributed by atoms with Crippen LogP contribution in [-0.4, -0.2) is 26.0 Å². The van der Waals surface area contributed by atoms with Crippen LogP contribution < -0.4 is 14.4 Å². The summed E-state index contributed by atoms with van der Waals surface area (Å²) in [6.45, 7) is 1.96. The molecule has 0 radical (unpaired) electrons. The third-order valence-electron chi connectivity index (χ3n) is 6.15. The minimum absolute atomic E-state index is 0.0894. The summed E-state index contributed by atoms with van der Waals surface area (Å²) in [7, 11) is 3.87. The van der Waals surface area contributed by atoms with Crippen LogP contribution in [0.4, 0.5) is 5.69 Å². The van der Waals surface area contributed by atoms with Gasteiger partial charge in [-0.25, -0.2) is 0 Å². The molecule has 0 spiro atoms. The van der Waals surface area contributed by atoms with Gasteiger partial charge in [-0.2, -0.15) is 5.26 Å². The summed E-state index contributed by atoms with van der Waals surface area (Å²) in [5.41, 5.74) is 3.47. The van der Waals surface area contributed by atoms with Crippen LogP contribution in [0.1, 0.15) is 41.9 Å². The highest BCUT2D eigenvalue weighted by Gasteiger charge is 2.37. The summed E-state index contributed by atoms with van der Waals surface area (Å²) in [6.07, 6.45) is 0.623. The number of nitrogens with one attached hydrogen (secondary N) is 1. The molecule has 34 heavy (non-hydrogen) atoms. The molecular weight excluding hydrogens is 426 g/mol. The molecule has 0 saturated heterocycles. The van der Waals surface area contributed by atoms with Crippen molar-refractivity contribution >= 4 is 17.6 Å². The third-order valence-corrected chi connectivity index (χ3v) is 6.15. The van der Waals surface area contributed by atoms with E-state index in [-0.39, 0.29) is 17.8 Å². The first-order chi connectivity index (χ1) is 16.4. The standard InChI is InChI=1S/C28H27N3O3/c1-4-22(18-9-6-5-7-10-18)28(32)33-21-12-8-11-19(15-21)26-23-14-13-20(31(2)3)16-25(23)34-27(30)24(26)17-29/h5-16,22,24,26,30H,4H2,1-3H3. The zero-order valence-corrected chi connectivity index (χ0v) is 19.5. The van der Waals surface area contributed by atoms with Gasteiger partial charge in [-0.3, -0.25) is 10.2 Å². The number of benzene rings is 3. The van der Waals surface area contributed by atoms with Crippen molar-refractivity contribution in [2.24, 2.45) is 5.92 Å². The average Bonchev–Trinajstić information content (AvgIpc) is 2.84. The predicted molar refractivity (Wildman–Crippen MR) is 132 cm³/mol. The molecule has 3 atom stereocenters. The van der Waals surface area contributed by atoms with Gasteiger partial charge in [-0.1, -0.05) is 55.5 Å². The second kappa shape index (κ2) is 9.80. The van der Waals surface area contributed by atoms with E-state index in [4.69, 9.17) is 14.9 Å². The van der Waals surface area contributed by atoms with Gasteiger partial charge in [-0.05, 0) is 35.7 Å². The highest BCUT2D eigenvalue weighted by Crippen LogP contribution is 2.44. The van der Waals surface area contributed by atoms with Gasteiger partial charge in [0, 0.05) is 37.3 Å². The number of carbonyl (C=O) groups is 1. The summed E-state index contributed by atoms with van der Waals surface area (Å²) in [5, 5.41) is 18.2. The van der Waals surface area contributed by atoms with Gasteiger partial charge < -0.3 is 14.4 Å². The molecule has 0 saturated carbocycles. The molecule has 3 aromatic carbocycles. The number of hydrogen-bond donors (Lipinski definition) is 1. The second-order valence-corrected chi connectivity index (χ2v) is 8.53. The normalized spacial score (nSPS) is 17.6. The van der Waals surface area contributed by atoms with E-state index in [0.29, 0.717) is 17.9 Å². The van der Waals surface area contributed by atoms with Gasteiger partial charge in [0.05, 0.1) is 12.0 Å². The van der Waals surface area contributed by atoms with E-state index < -0.39 is 11.8 Å². The maximum absolute atomic E-state index is 13.0. The molecule has 1 N–H and O–H groups in total. The van der Waals surface area contributed by atoms with Crippen LogP contribution in [0.5, 0.6) is 11.5 Å². The zero-order chi connectivity index (χ0) is 24.2. The summed E-state index contributed by atoms with van der Waals surface area (Å²) in [6, 6.07) is 24.8. The number of hydrogen-bond acceptors (Lipinski definition) is 6. The van der Waals surface area contributed by atoms with Gasteiger partial charge >= 0.3 is 5.97 Å². The van der Waals surface area contributed by atoms with E-state index in [1.807, 2.05) is 86.6 Å². The fourth-order valence-corrected chi connectivity index (χ4v) is 4.35. The smallest absolute Gasteiger partial charge is 0.318 e. The van der Waals surface area contributed by atoms with Crippen LogP contribution in [0.25, 0.3) is 0 Å². The molecule has 3 unspecified atom stereocenters. The number of ether oxygens (including phenoxy) is 2. The van der Waals surface area contributed by atoms with Gasteiger partial charge in [0.2, 0.25) is 5.90 Å².